The Kier molecular flexibility index (Phi) is 8.74. The Bertz CT molecular complexity index is 770. The van der Waals surface area contributed by atoms with Crippen molar-refractivity contribution in [3.63, 3.8) is 0 Å². The second-order valence-electron chi connectivity index (χ2n) is 6.99. The summed E-state index contributed by atoms with van der Waals surface area (Å²) >= 11 is 0. The van der Waals surface area contributed by atoms with Gasteiger partial charge in [0.15, 0.2) is 5.96 Å². The Hall–Kier alpha value is -1.62. The van der Waals surface area contributed by atoms with E-state index in [2.05, 4.69) is 45.0 Å². The minimum atomic E-state index is 0. The van der Waals surface area contributed by atoms with Gasteiger partial charge in [0.05, 0.1) is 25.0 Å². The van der Waals surface area contributed by atoms with Gasteiger partial charge in [-0.15, -0.1) is 24.0 Å². The Balaban J connectivity index is 0.00000280. The van der Waals surface area contributed by atoms with E-state index >= 15 is 0 Å². The maximum atomic E-state index is 5.95. The molecule has 156 valence electrons. The van der Waals surface area contributed by atoms with Crippen molar-refractivity contribution in [1.82, 2.24) is 29.8 Å². The first-order valence-corrected chi connectivity index (χ1v) is 9.71. The van der Waals surface area contributed by atoms with E-state index in [1.165, 1.54) is 5.69 Å². The highest BCUT2D eigenvalue weighted by Gasteiger charge is 2.25. The van der Waals surface area contributed by atoms with Crippen molar-refractivity contribution in [3.8, 4) is 0 Å². The summed E-state index contributed by atoms with van der Waals surface area (Å²) in [4.78, 5) is 7.12. The zero-order valence-corrected chi connectivity index (χ0v) is 19.6. The number of aliphatic imine (C=N–C) groups is 1. The Morgan fingerprint density at radius 3 is 2.86 bits per heavy atom. The zero-order valence-electron chi connectivity index (χ0n) is 17.3. The second kappa shape index (κ2) is 10.8. The van der Waals surface area contributed by atoms with Crippen LogP contribution in [0.5, 0.6) is 0 Å². The van der Waals surface area contributed by atoms with Crippen LogP contribution in [0.4, 0.5) is 0 Å². The smallest absolute Gasteiger partial charge is 0.194 e. The molecular formula is C19H32IN7O. The van der Waals surface area contributed by atoms with E-state index in [4.69, 9.17) is 9.73 Å². The van der Waals surface area contributed by atoms with E-state index in [-0.39, 0.29) is 30.1 Å². The molecule has 1 unspecified atom stereocenters. The SMILES string of the molecule is CCNC(=NCCCn1nc(C)cc1C)N1CCOC(c2cnn(C)c2)C1.I. The van der Waals surface area contributed by atoms with Crippen LogP contribution in [0.15, 0.2) is 23.5 Å². The normalized spacial score (nSPS) is 17.5. The molecule has 1 atom stereocenters. The van der Waals surface area contributed by atoms with E-state index < -0.39 is 0 Å². The Labute approximate surface area is 184 Å². The molecule has 0 bridgehead atoms. The van der Waals surface area contributed by atoms with Crippen molar-refractivity contribution in [2.24, 2.45) is 12.0 Å². The Morgan fingerprint density at radius 1 is 1.39 bits per heavy atom. The number of aromatic nitrogens is 4. The summed E-state index contributed by atoms with van der Waals surface area (Å²) in [5.74, 6) is 0.961. The second-order valence-corrected chi connectivity index (χ2v) is 6.99. The predicted molar refractivity (Wildman–Crippen MR) is 121 cm³/mol. The molecule has 0 aromatic carbocycles. The molecule has 1 fully saturated rings. The molecule has 2 aromatic rings. The van der Waals surface area contributed by atoms with Gasteiger partial charge < -0.3 is 15.0 Å². The summed E-state index contributed by atoms with van der Waals surface area (Å²) in [5.41, 5.74) is 3.39. The third kappa shape index (κ3) is 5.94. The standard InChI is InChI=1S/C19H31N7O.HI/c1-5-20-19(21-7-6-8-26-16(3)11-15(2)23-26)25-9-10-27-18(14-25)17-12-22-24(4)13-17;/h11-13,18H,5-10,14H2,1-4H3,(H,20,21);1H. The van der Waals surface area contributed by atoms with Gasteiger partial charge in [-0.25, -0.2) is 0 Å². The minimum absolute atomic E-state index is 0. The molecule has 1 saturated heterocycles. The summed E-state index contributed by atoms with van der Waals surface area (Å²) in [6.07, 6.45) is 4.90. The van der Waals surface area contributed by atoms with Gasteiger partial charge in [0.1, 0.15) is 6.10 Å². The topological polar surface area (TPSA) is 72.5 Å². The van der Waals surface area contributed by atoms with Gasteiger partial charge in [-0.2, -0.15) is 10.2 Å². The number of hydrogen-bond acceptors (Lipinski definition) is 4. The van der Waals surface area contributed by atoms with E-state index in [1.54, 1.807) is 0 Å². The molecule has 2 aromatic heterocycles. The van der Waals surface area contributed by atoms with Gasteiger partial charge in [0, 0.05) is 50.7 Å². The van der Waals surface area contributed by atoms with Crippen molar-refractivity contribution in [1.29, 1.82) is 0 Å². The summed E-state index contributed by atoms with van der Waals surface area (Å²) < 4.78 is 9.82. The number of morpholine rings is 1. The highest BCUT2D eigenvalue weighted by molar-refractivity contribution is 14.0. The van der Waals surface area contributed by atoms with Crippen LogP contribution in [0.1, 0.15) is 36.4 Å². The molecule has 3 heterocycles. The van der Waals surface area contributed by atoms with Crippen LogP contribution < -0.4 is 5.32 Å². The van der Waals surface area contributed by atoms with Crippen molar-refractivity contribution >= 4 is 29.9 Å². The monoisotopic (exact) mass is 501 g/mol. The summed E-state index contributed by atoms with van der Waals surface area (Å²) in [5, 5.41) is 12.2. The molecule has 0 radical (unpaired) electrons. The number of rotatable bonds is 6. The minimum Gasteiger partial charge on any atom is -0.370 e. The fourth-order valence-electron chi connectivity index (χ4n) is 3.38. The van der Waals surface area contributed by atoms with Gasteiger partial charge >= 0.3 is 0 Å². The highest BCUT2D eigenvalue weighted by Crippen LogP contribution is 2.21. The lowest BCUT2D eigenvalue weighted by Crippen LogP contribution is -2.48. The molecule has 8 nitrogen and oxygen atoms in total. The Morgan fingerprint density at radius 2 is 2.21 bits per heavy atom. The lowest BCUT2D eigenvalue weighted by molar-refractivity contribution is -0.00804. The van der Waals surface area contributed by atoms with Crippen LogP contribution >= 0.6 is 24.0 Å². The lowest BCUT2D eigenvalue weighted by Gasteiger charge is -2.34. The van der Waals surface area contributed by atoms with Crippen LogP contribution in [-0.4, -0.2) is 63.2 Å². The molecule has 0 amide bonds. The summed E-state index contributed by atoms with van der Waals surface area (Å²) in [7, 11) is 1.93. The molecule has 0 aliphatic carbocycles. The van der Waals surface area contributed by atoms with E-state index in [1.807, 2.05) is 31.0 Å². The maximum Gasteiger partial charge on any atom is 0.194 e. The average molecular weight is 501 g/mol. The number of guanidine groups is 1. The van der Waals surface area contributed by atoms with Gasteiger partial charge in [-0.1, -0.05) is 0 Å². The number of nitrogens with one attached hydrogen (secondary N) is 1. The van der Waals surface area contributed by atoms with Crippen molar-refractivity contribution in [2.75, 3.05) is 32.8 Å². The molecular weight excluding hydrogens is 469 g/mol. The summed E-state index contributed by atoms with van der Waals surface area (Å²) in [6, 6.07) is 2.11. The first-order chi connectivity index (χ1) is 13.1. The molecule has 1 N–H and O–H groups in total. The van der Waals surface area contributed by atoms with E-state index in [0.717, 1.165) is 56.4 Å². The van der Waals surface area contributed by atoms with Crippen LogP contribution in [-0.2, 0) is 18.3 Å². The zero-order chi connectivity index (χ0) is 19.2. The number of nitrogens with zero attached hydrogens (tertiary/aromatic N) is 6. The third-order valence-electron chi connectivity index (χ3n) is 4.69. The largest absolute Gasteiger partial charge is 0.370 e. The van der Waals surface area contributed by atoms with Crippen LogP contribution in [0, 0.1) is 13.8 Å². The predicted octanol–water partition coefficient (Wildman–Crippen LogP) is 2.28. The van der Waals surface area contributed by atoms with E-state index in [0.29, 0.717) is 6.61 Å². The van der Waals surface area contributed by atoms with Crippen LogP contribution in [0.3, 0.4) is 0 Å². The number of halogens is 1. The molecule has 3 rings (SSSR count). The molecule has 1 aliphatic rings. The maximum absolute atomic E-state index is 5.95. The van der Waals surface area contributed by atoms with Crippen LogP contribution in [0.2, 0.25) is 0 Å². The van der Waals surface area contributed by atoms with Gasteiger partial charge in [-0.3, -0.25) is 14.4 Å². The van der Waals surface area contributed by atoms with Gasteiger partial charge in [0.2, 0.25) is 0 Å². The summed E-state index contributed by atoms with van der Waals surface area (Å²) in [6.45, 7) is 11.1. The number of hydrogen-bond donors (Lipinski definition) is 1. The van der Waals surface area contributed by atoms with Crippen LogP contribution in [0.25, 0.3) is 0 Å². The lowest BCUT2D eigenvalue weighted by atomic mass is 10.1. The number of ether oxygens (including phenoxy) is 1. The van der Waals surface area contributed by atoms with Gasteiger partial charge in [0.25, 0.3) is 0 Å². The molecule has 0 saturated carbocycles. The quantitative estimate of drug-likeness (QED) is 0.285. The molecule has 9 heteroatoms. The van der Waals surface area contributed by atoms with Crippen molar-refractivity contribution < 1.29 is 4.74 Å². The fourth-order valence-corrected chi connectivity index (χ4v) is 3.38. The molecule has 28 heavy (non-hydrogen) atoms. The first-order valence-electron chi connectivity index (χ1n) is 9.71. The number of aryl methyl sites for hydroxylation is 4. The van der Waals surface area contributed by atoms with E-state index in [9.17, 15) is 0 Å². The molecule has 0 spiro atoms. The van der Waals surface area contributed by atoms with Gasteiger partial charge in [-0.05, 0) is 33.3 Å². The third-order valence-corrected chi connectivity index (χ3v) is 4.69. The molecule has 1 aliphatic heterocycles. The van der Waals surface area contributed by atoms with Crippen molar-refractivity contribution in [3.05, 3.63) is 35.4 Å². The highest BCUT2D eigenvalue weighted by atomic mass is 127. The fraction of sp³-hybridized carbons (Fsp3) is 0.632. The average Bonchev–Trinajstić information content (AvgIpc) is 3.22. The first kappa shape index (κ1) is 22.7. The van der Waals surface area contributed by atoms with Crippen molar-refractivity contribution in [2.45, 2.75) is 39.8 Å².